The summed E-state index contributed by atoms with van der Waals surface area (Å²) in [5.74, 6) is 2.59. The van der Waals surface area contributed by atoms with Crippen LogP contribution in [0.1, 0.15) is 46.0 Å². The van der Waals surface area contributed by atoms with Crippen LogP contribution in [0.15, 0.2) is 29.2 Å². The van der Waals surface area contributed by atoms with Crippen molar-refractivity contribution < 1.29 is 4.39 Å². The van der Waals surface area contributed by atoms with Gasteiger partial charge in [0.15, 0.2) is 0 Å². The first-order chi connectivity index (χ1) is 10.2. The minimum Gasteiger partial charge on any atom is -0.313 e. The molecule has 1 nitrogen and oxygen atoms in total. The highest BCUT2D eigenvalue weighted by atomic mass is 32.2. The second kappa shape index (κ2) is 8.79. The summed E-state index contributed by atoms with van der Waals surface area (Å²) in [6, 6.07) is 7.51. The molecule has 1 aromatic carbocycles. The average Bonchev–Trinajstić information content (AvgIpc) is 2.51. The van der Waals surface area contributed by atoms with Crippen LogP contribution in [0.4, 0.5) is 4.39 Å². The van der Waals surface area contributed by atoms with Crippen molar-refractivity contribution >= 4 is 11.8 Å². The molecular formula is C18H28FNS. The molecule has 1 N–H and O–H groups in total. The SMILES string of the molecule is CCNC(CSc1cccc(F)c1)C1CCCC(CC)C1. The van der Waals surface area contributed by atoms with Crippen LogP contribution in [0.2, 0.25) is 0 Å². The number of nitrogens with one attached hydrogen (secondary N) is 1. The fourth-order valence-electron chi connectivity index (χ4n) is 3.44. The van der Waals surface area contributed by atoms with Gasteiger partial charge in [0.25, 0.3) is 0 Å². The fourth-order valence-corrected chi connectivity index (χ4v) is 4.57. The third-order valence-electron chi connectivity index (χ3n) is 4.66. The van der Waals surface area contributed by atoms with Gasteiger partial charge in [-0.3, -0.25) is 0 Å². The summed E-state index contributed by atoms with van der Waals surface area (Å²) in [6.07, 6.45) is 6.79. The third-order valence-corrected chi connectivity index (χ3v) is 5.77. The maximum absolute atomic E-state index is 13.3. The molecule has 0 aromatic heterocycles. The van der Waals surface area contributed by atoms with Gasteiger partial charge in [0.2, 0.25) is 0 Å². The molecule has 0 radical (unpaired) electrons. The number of rotatable bonds is 7. The molecule has 3 unspecified atom stereocenters. The second-order valence-corrected chi connectivity index (χ2v) is 7.23. The van der Waals surface area contributed by atoms with Crippen molar-refractivity contribution in [2.75, 3.05) is 12.3 Å². The molecule has 2 rings (SSSR count). The van der Waals surface area contributed by atoms with E-state index in [-0.39, 0.29) is 5.82 Å². The molecule has 1 saturated carbocycles. The quantitative estimate of drug-likeness (QED) is 0.702. The number of halogens is 1. The first-order valence-corrected chi connectivity index (χ1v) is 9.33. The van der Waals surface area contributed by atoms with Crippen LogP contribution in [-0.4, -0.2) is 18.3 Å². The van der Waals surface area contributed by atoms with Gasteiger partial charge < -0.3 is 5.32 Å². The van der Waals surface area contributed by atoms with E-state index in [1.54, 1.807) is 23.9 Å². The topological polar surface area (TPSA) is 12.0 Å². The highest BCUT2D eigenvalue weighted by Crippen LogP contribution is 2.34. The van der Waals surface area contributed by atoms with E-state index in [0.29, 0.717) is 6.04 Å². The lowest BCUT2D eigenvalue weighted by Gasteiger charge is -2.34. The molecule has 3 atom stereocenters. The maximum atomic E-state index is 13.3. The van der Waals surface area contributed by atoms with E-state index in [4.69, 9.17) is 0 Å². The van der Waals surface area contributed by atoms with Gasteiger partial charge in [0, 0.05) is 16.7 Å². The predicted molar refractivity (Wildman–Crippen MR) is 90.3 cm³/mol. The summed E-state index contributed by atoms with van der Waals surface area (Å²) in [5.41, 5.74) is 0. The Balaban J connectivity index is 1.92. The van der Waals surface area contributed by atoms with Crippen LogP contribution in [0.25, 0.3) is 0 Å². The summed E-state index contributed by atoms with van der Waals surface area (Å²) in [6.45, 7) is 5.51. The lowest BCUT2D eigenvalue weighted by Crippen LogP contribution is -2.40. The Bertz CT molecular complexity index is 423. The van der Waals surface area contributed by atoms with Gasteiger partial charge in [0.1, 0.15) is 5.82 Å². The largest absolute Gasteiger partial charge is 0.313 e. The molecule has 118 valence electrons. The fraction of sp³-hybridized carbons (Fsp3) is 0.667. The lowest BCUT2D eigenvalue weighted by atomic mass is 9.77. The van der Waals surface area contributed by atoms with Crippen LogP contribution >= 0.6 is 11.8 Å². The summed E-state index contributed by atoms with van der Waals surface area (Å²) in [7, 11) is 0. The Morgan fingerprint density at radius 3 is 2.90 bits per heavy atom. The molecule has 3 heteroatoms. The van der Waals surface area contributed by atoms with Crippen LogP contribution in [0, 0.1) is 17.7 Å². The molecule has 0 heterocycles. The highest BCUT2D eigenvalue weighted by Gasteiger charge is 2.27. The minimum atomic E-state index is -0.135. The van der Waals surface area contributed by atoms with Gasteiger partial charge in [-0.2, -0.15) is 0 Å². The number of thioether (sulfide) groups is 1. The monoisotopic (exact) mass is 309 g/mol. The van der Waals surface area contributed by atoms with Gasteiger partial charge in [-0.25, -0.2) is 4.39 Å². The Labute approximate surface area is 133 Å². The van der Waals surface area contributed by atoms with Crippen molar-refractivity contribution in [3.05, 3.63) is 30.1 Å². The van der Waals surface area contributed by atoms with Crippen LogP contribution < -0.4 is 5.32 Å². The molecule has 1 aliphatic rings. The third kappa shape index (κ3) is 5.30. The Hall–Kier alpha value is -0.540. The van der Waals surface area contributed by atoms with E-state index in [2.05, 4.69) is 19.2 Å². The van der Waals surface area contributed by atoms with Crippen molar-refractivity contribution in [3.8, 4) is 0 Å². The standard InChI is InChI=1S/C18H28FNS/c1-3-14-7-5-8-15(11-14)18(20-4-2)13-21-17-10-6-9-16(19)12-17/h6,9-10,12,14-15,18,20H,3-5,7-8,11,13H2,1-2H3. The first-order valence-electron chi connectivity index (χ1n) is 8.34. The van der Waals surface area contributed by atoms with Crippen molar-refractivity contribution in [3.63, 3.8) is 0 Å². The lowest BCUT2D eigenvalue weighted by molar-refractivity contribution is 0.220. The van der Waals surface area contributed by atoms with E-state index < -0.39 is 0 Å². The highest BCUT2D eigenvalue weighted by molar-refractivity contribution is 7.99. The molecule has 1 aromatic rings. The average molecular weight is 309 g/mol. The molecular weight excluding hydrogens is 281 g/mol. The predicted octanol–water partition coefficient (Wildman–Crippen LogP) is 5.11. The smallest absolute Gasteiger partial charge is 0.124 e. The molecule has 1 fully saturated rings. The molecule has 0 saturated heterocycles. The van der Waals surface area contributed by atoms with E-state index >= 15 is 0 Å². The second-order valence-electron chi connectivity index (χ2n) is 6.13. The van der Waals surface area contributed by atoms with E-state index in [0.717, 1.165) is 29.0 Å². The summed E-state index contributed by atoms with van der Waals surface area (Å²) >= 11 is 1.78. The normalized spacial score (nSPS) is 24.0. The van der Waals surface area contributed by atoms with Gasteiger partial charge in [0.05, 0.1) is 0 Å². The van der Waals surface area contributed by atoms with E-state index in [9.17, 15) is 4.39 Å². The molecule has 1 aliphatic carbocycles. The Morgan fingerprint density at radius 2 is 2.19 bits per heavy atom. The summed E-state index contributed by atoms with van der Waals surface area (Å²) in [4.78, 5) is 1.04. The Kier molecular flexibility index (Phi) is 7.05. The number of benzene rings is 1. The minimum absolute atomic E-state index is 0.135. The zero-order valence-electron chi connectivity index (χ0n) is 13.3. The number of hydrogen-bond donors (Lipinski definition) is 1. The van der Waals surface area contributed by atoms with Gasteiger partial charge >= 0.3 is 0 Å². The van der Waals surface area contributed by atoms with Crippen molar-refractivity contribution in [2.45, 2.75) is 56.9 Å². The number of hydrogen-bond acceptors (Lipinski definition) is 2. The molecule has 0 spiro atoms. The van der Waals surface area contributed by atoms with Crippen LogP contribution in [-0.2, 0) is 0 Å². The van der Waals surface area contributed by atoms with Gasteiger partial charge in [-0.15, -0.1) is 11.8 Å². The Morgan fingerprint density at radius 1 is 1.33 bits per heavy atom. The zero-order chi connectivity index (χ0) is 15.1. The zero-order valence-corrected chi connectivity index (χ0v) is 14.1. The molecule has 0 amide bonds. The molecule has 0 aliphatic heterocycles. The van der Waals surface area contributed by atoms with Gasteiger partial charge in [-0.05, 0) is 49.4 Å². The summed E-state index contributed by atoms with van der Waals surface area (Å²) < 4.78 is 13.3. The van der Waals surface area contributed by atoms with Gasteiger partial charge in [-0.1, -0.05) is 39.2 Å². The first kappa shape index (κ1) is 16.8. The summed E-state index contributed by atoms with van der Waals surface area (Å²) in [5, 5.41) is 3.67. The molecule has 0 bridgehead atoms. The van der Waals surface area contributed by atoms with E-state index in [1.807, 2.05) is 6.07 Å². The maximum Gasteiger partial charge on any atom is 0.124 e. The van der Waals surface area contributed by atoms with Crippen LogP contribution in [0.3, 0.4) is 0 Å². The van der Waals surface area contributed by atoms with Crippen molar-refractivity contribution in [1.29, 1.82) is 0 Å². The molecule has 21 heavy (non-hydrogen) atoms. The van der Waals surface area contributed by atoms with Crippen molar-refractivity contribution in [2.24, 2.45) is 11.8 Å². The van der Waals surface area contributed by atoms with Crippen LogP contribution in [0.5, 0.6) is 0 Å². The van der Waals surface area contributed by atoms with Crippen molar-refractivity contribution in [1.82, 2.24) is 5.32 Å². The van der Waals surface area contributed by atoms with E-state index in [1.165, 1.54) is 38.2 Å².